The van der Waals surface area contributed by atoms with Crippen LogP contribution in [0.15, 0.2) is 71.7 Å². The number of allylic oxidation sites excluding steroid dienone is 1. The number of aromatic nitrogens is 4. The number of imidazole rings is 1. The predicted octanol–water partition coefficient (Wildman–Crippen LogP) is 5.04. The third-order valence-electron chi connectivity index (χ3n) is 5.55. The molecule has 0 aliphatic heterocycles. The summed E-state index contributed by atoms with van der Waals surface area (Å²) < 4.78 is 7.57. The van der Waals surface area contributed by atoms with E-state index in [9.17, 15) is 10.1 Å². The zero-order valence-corrected chi connectivity index (χ0v) is 18.0. The second-order valence-corrected chi connectivity index (χ2v) is 7.64. The Morgan fingerprint density at radius 1 is 1.06 bits per heavy atom. The number of benzene rings is 2. The summed E-state index contributed by atoms with van der Waals surface area (Å²) in [6.07, 6.45) is 3.11. The number of nitrogens with one attached hydrogen (secondary N) is 1. The van der Waals surface area contributed by atoms with Crippen molar-refractivity contribution in [3.63, 3.8) is 0 Å². The van der Waals surface area contributed by atoms with Crippen molar-refractivity contribution in [3.05, 3.63) is 99.7 Å². The van der Waals surface area contributed by atoms with Gasteiger partial charge < -0.3 is 9.72 Å². The van der Waals surface area contributed by atoms with Crippen molar-refractivity contribution in [1.29, 1.82) is 5.26 Å². The molecule has 0 aliphatic rings. The Kier molecular flexibility index (Phi) is 4.96. The summed E-state index contributed by atoms with van der Waals surface area (Å²) in [5.41, 5.74) is 4.00. The van der Waals surface area contributed by atoms with Crippen LogP contribution in [0.4, 0.5) is 0 Å². The van der Waals surface area contributed by atoms with Crippen molar-refractivity contribution >= 4 is 28.3 Å². The van der Waals surface area contributed by atoms with Crippen LogP contribution in [0.25, 0.3) is 28.3 Å². The molecule has 160 valence electrons. The van der Waals surface area contributed by atoms with E-state index < -0.39 is 0 Å². The molecular weight excluding hydrogens is 414 g/mol. The molecule has 0 saturated heterocycles. The van der Waals surface area contributed by atoms with E-state index in [2.05, 4.69) is 21.0 Å². The quantitative estimate of drug-likeness (QED) is 0.400. The van der Waals surface area contributed by atoms with Gasteiger partial charge >= 0.3 is 0 Å². The summed E-state index contributed by atoms with van der Waals surface area (Å²) >= 11 is 0. The second kappa shape index (κ2) is 8.09. The van der Waals surface area contributed by atoms with Crippen LogP contribution in [0.1, 0.15) is 22.5 Å². The van der Waals surface area contributed by atoms with Crippen molar-refractivity contribution in [2.24, 2.45) is 0 Å². The lowest BCUT2D eigenvalue weighted by Crippen LogP contribution is -2.18. The molecule has 0 radical (unpaired) electrons. The van der Waals surface area contributed by atoms with Crippen LogP contribution in [0.2, 0.25) is 0 Å². The molecule has 0 saturated carbocycles. The van der Waals surface area contributed by atoms with Crippen LogP contribution in [-0.2, 0) is 0 Å². The summed E-state index contributed by atoms with van der Waals surface area (Å²) in [7, 11) is 0. The molecule has 3 aromatic heterocycles. The largest absolute Gasteiger partial charge is 0.438 e. The van der Waals surface area contributed by atoms with Gasteiger partial charge in [-0.15, -0.1) is 0 Å². The van der Waals surface area contributed by atoms with Crippen LogP contribution < -0.4 is 10.3 Å². The molecule has 0 amide bonds. The maximum Gasteiger partial charge on any atom is 0.269 e. The first-order chi connectivity index (χ1) is 16.0. The van der Waals surface area contributed by atoms with E-state index in [0.29, 0.717) is 17.2 Å². The lowest BCUT2D eigenvalue weighted by atomic mass is 10.1. The van der Waals surface area contributed by atoms with Crippen LogP contribution in [0, 0.1) is 25.2 Å². The number of nitriles is 1. The summed E-state index contributed by atoms with van der Waals surface area (Å²) in [4.78, 5) is 25.6. The summed E-state index contributed by atoms with van der Waals surface area (Å²) in [6, 6.07) is 20.6. The van der Waals surface area contributed by atoms with Crippen molar-refractivity contribution in [2.45, 2.75) is 13.8 Å². The fourth-order valence-corrected chi connectivity index (χ4v) is 3.60. The average molecular weight is 433 g/mol. The van der Waals surface area contributed by atoms with Crippen molar-refractivity contribution in [2.75, 3.05) is 0 Å². The minimum absolute atomic E-state index is 0.128. The molecule has 0 unspecified atom stereocenters. The number of para-hydroxylation sites is 2. The highest BCUT2D eigenvalue weighted by Crippen LogP contribution is 2.29. The molecule has 0 atom stereocenters. The Labute approximate surface area is 189 Å². The molecule has 3 heterocycles. The number of aromatic amines is 1. The summed E-state index contributed by atoms with van der Waals surface area (Å²) in [5.74, 6) is 1.09. The van der Waals surface area contributed by atoms with Gasteiger partial charge in [0, 0.05) is 6.20 Å². The van der Waals surface area contributed by atoms with Crippen LogP contribution in [0.5, 0.6) is 11.6 Å². The van der Waals surface area contributed by atoms with E-state index in [0.717, 1.165) is 22.2 Å². The number of hydrogen-bond donors (Lipinski definition) is 1. The van der Waals surface area contributed by atoms with Gasteiger partial charge in [-0.3, -0.25) is 9.20 Å². The van der Waals surface area contributed by atoms with Gasteiger partial charge in [-0.1, -0.05) is 30.3 Å². The van der Waals surface area contributed by atoms with E-state index in [1.165, 1.54) is 10.5 Å². The first-order valence-electron chi connectivity index (χ1n) is 10.4. The monoisotopic (exact) mass is 433 g/mol. The number of H-pyrrole nitrogens is 1. The number of fused-ring (bicyclic) bond motifs is 2. The first kappa shape index (κ1) is 20.2. The highest BCUT2D eigenvalue weighted by molar-refractivity contribution is 5.91. The van der Waals surface area contributed by atoms with Gasteiger partial charge in [0.25, 0.3) is 5.56 Å². The molecule has 2 aromatic carbocycles. The minimum atomic E-state index is -0.343. The number of rotatable bonds is 4. The Hall–Kier alpha value is -4.70. The van der Waals surface area contributed by atoms with Gasteiger partial charge in [-0.2, -0.15) is 10.2 Å². The fraction of sp³-hybridized carbons (Fsp3) is 0.0769. The molecule has 33 heavy (non-hydrogen) atoms. The fourth-order valence-electron chi connectivity index (χ4n) is 3.60. The van der Waals surface area contributed by atoms with E-state index in [-0.39, 0.29) is 22.6 Å². The molecule has 7 heteroatoms. The molecule has 5 rings (SSSR count). The van der Waals surface area contributed by atoms with Crippen LogP contribution in [0.3, 0.4) is 0 Å². The highest BCUT2D eigenvalue weighted by Gasteiger charge is 2.17. The molecule has 0 spiro atoms. The number of hydrogen-bond acceptors (Lipinski definition) is 5. The Morgan fingerprint density at radius 2 is 1.88 bits per heavy atom. The van der Waals surface area contributed by atoms with E-state index >= 15 is 0 Å². The SMILES string of the molecule is Cc1cccc(Oc2nc3ccccn3c(=O)c2/C=C(\C#N)c2nc3ccccc3[nH]2)c1C. The average Bonchev–Trinajstić information content (AvgIpc) is 3.26. The lowest BCUT2D eigenvalue weighted by Gasteiger charge is -2.13. The zero-order valence-electron chi connectivity index (χ0n) is 18.0. The third kappa shape index (κ3) is 3.64. The first-order valence-corrected chi connectivity index (χ1v) is 10.4. The maximum atomic E-state index is 13.4. The lowest BCUT2D eigenvalue weighted by molar-refractivity contribution is 0.457. The molecule has 0 fully saturated rings. The summed E-state index contributed by atoms with van der Waals surface area (Å²) in [6.45, 7) is 3.93. The number of pyridine rings is 1. The van der Waals surface area contributed by atoms with Crippen LogP contribution >= 0.6 is 0 Å². The van der Waals surface area contributed by atoms with E-state index in [1.807, 2.05) is 56.3 Å². The second-order valence-electron chi connectivity index (χ2n) is 7.64. The Morgan fingerprint density at radius 3 is 2.70 bits per heavy atom. The highest BCUT2D eigenvalue weighted by atomic mass is 16.5. The van der Waals surface area contributed by atoms with Crippen molar-refractivity contribution in [1.82, 2.24) is 19.4 Å². The molecule has 1 N–H and O–H groups in total. The number of ether oxygens (including phenoxy) is 1. The number of nitrogens with zero attached hydrogens (tertiary/aromatic N) is 4. The van der Waals surface area contributed by atoms with Gasteiger partial charge in [0.05, 0.1) is 16.6 Å². The van der Waals surface area contributed by atoms with Gasteiger partial charge in [0.2, 0.25) is 5.88 Å². The molecule has 0 bridgehead atoms. The normalized spacial score (nSPS) is 11.6. The van der Waals surface area contributed by atoms with Crippen molar-refractivity contribution in [3.8, 4) is 17.7 Å². The predicted molar refractivity (Wildman–Crippen MR) is 127 cm³/mol. The maximum absolute atomic E-state index is 13.4. The minimum Gasteiger partial charge on any atom is -0.438 e. The van der Waals surface area contributed by atoms with E-state index in [4.69, 9.17) is 4.74 Å². The van der Waals surface area contributed by atoms with E-state index in [1.54, 1.807) is 24.4 Å². The Bertz CT molecular complexity index is 1620. The smallest absolute Gasteiger partial charge is 0.269 e. The molecular formula is C26H19N5O2. The Balaban J connectivity index is 1.72. The molecule has 7 nitrogen and oxygen atoms in total. The molecule has 0 aliphatic carbocycles. The summed E-state index contributed by atoms with van der Waals surface area (Å²) in [5, 5.41) is 9.88. The standard InChI is InChI=1S/C26H19N5O2/c1-16-8-7-11-22(17(16)2)33-25-19(26(32)31-13-6-5-12-23(31)30-25)14-18(15-27)24-28-20-9-3-4-10-21(20)29-24/h3-14H,1-2H3,(H,28,29)/b18-14+. The number of aryl methyl sites for hydroxylation is 1. The van der Waals surface area contributed by atoms with Gasteiger partial charge in [-0.05, 0) is 61.4 Å². The zero-order chi connectivity index (χ0) is 22.9. The van der Waals surface area contributed by atoms with Gasteiger partial charge in [-0.25, -0.2) is 4.98 Å². The molecule has 5 aromatic rings. The van der Waals surface area contributed by atoms with Crippen LogP contribution in [-0.4, -0.2) is 19.4 Å². The van der Waals surface area contributed by atoms with Gasteiger partial charge in [0.1, 0.15) is 28.9 Å². The third-order valence-corrected chi connectivity index (χ3v) is 5.55. The topological polar surface area (TPSA) is 96.1 Å². The van der Waals surface area contributed by atoms with Crippen molar-refractivity contribution < 1.29 is 4.74 Å². The van der Waals surface area contributed by atoms with Gasteiger partial charge in [0.15, 0.2) is 0 Å².